The summed E-state index contributed by atoms with van der Waals surface area (Å²) in [4.78, 5) is 14.6. The first kappa shape index (κ1) is 19.1. The highest BCUT2D eigenvalue weighted by atomic mass is 19.1. The maximum Gasteiger partial charge on any atom is 0.246 e. The van der Waals surface area contributed by atoms with E-state index in [4.69, 9.17) is 9.47 Å². The summed E-state index contributed by atoms with van der Waals surface area (Å²) in [6.45, 7) is 1.77. The minimum Gasteiger partial charge on any atom is -0.497 e. The van der Waals surface area contributed by atoms with E-state index in [0.717, 1.165) is 36.3 Å². The molecule has 3 rings (SSSR count). The zero-order chi connectivity index (χ0) is 19.1. The number of hydrogen-bond donors (Lipinski definition) is 0. The summed E-state index contributed by atoms with van der Waals surface area (Å²) in [6.07, 6.45) is 5.29. The Morgan fingerprint density at radius 1 is 1.30 bits per heavy atom. The van der Waals surface area contributed by atoms with Gasteiger partial charge in [0.2, 0.25) is 5.91 Å². The van der Waals surface area contributed by atoms with Crippen molar-refractivity contribution in [2.45, 2.75) is 25.5 Å². The highest BCUT2D eigenvalue weighted by Crippen LogP contribution is 2.18. The summed E-state index contributed by atoms with van der Waals surface area (Å²) in [5.74, 6) is 0.369. The molecule has 1 amide bonds. The van der Waals surface area contributed by atoms with Crippen molar-refractivity contribution in [3.05, 3.63) is 71.6 Å². The van der Waals surface area contributed by atoms with Crippen molar-refractivity contribution in [2.75, 3.05) is 20.3 Å². The van der Waals surface area contributed by atoms with Gasteiger partial charge in [0.25, 0.3) is 0 Å². The van der Waals surface area contributed by atoms with Gasteiger partial charge in [0, 0.05) is 25.8 Å². The van der Waals surface area contributed by atoms with Gasteiger partial charge in [0.05, 0.1) is 13.2 Å². The van der Waals surface area contributed by atoms with Crippen LogP contribution in [0.2, 0.25) is 0 Å². The van der Waals surface area contributed by atoms with Crippen LogP contribution in [0.15, 0.2) is 54.6 Å². The quantitative estimate of drug-likeness (QED) is 0.691. The fourth-order valence-electron chi connectivity index (χ4n) is 3.10. The maximum absolute atomic E-state index is 13.0. The monoisotopic (exact) mass is 369 g/mol. The Balaban J connectivity index is 1.73. The molecule has 0 bridgehead atoms. The SMILES string of the molecule is COc1cccc(CN(CC2CCCO2)C(=O)/C=C/c2ccc(F)cc2)c1. The van der Waals surface area contributed by atoms with Crippen LogP contribution in [0.3, 0.4) is 0 Å². The molecular formula is C22H24FNO3. The molecule has 4 nitrogen and oxygen atoms in total. The van der Waals surface area contributed by atoms with Crippen molar-refractivity contribution in [3.63, 3.8) is 0 Å². The fourth-order valence-corrected chi connectivity index (χ4v) is 3.10. The number of carbonyl (C=O) groups excluding carboxylic acids is 1. The Morgan fingerprint density at radius 2 is 2.11 bits per heavy atom. The Bertz CT molecular complexity index is 782. The first-order chi connectivity index (χ1) is 13.1. The number of methoxy groups -OCH3 is 1. The van der Waals surface area contributed by atoms with E-state index in [2.05, 4.69) is 0 Å². The summed E-state index contributed by atoms with van der Waals surface area (Å²) in [7, 11) is 1.62. The van der Waals surface area contributed by atoms with Crippen LogP contribution in [-0.2, 0) is 16.1 Å². The van der Waals surface area contributed by atoms with Crippen LogP contribution in [0.25, 0.3) is 6.08 Å². The van der Waals surface area contributed by atoms with E-state index in [1.807, 2.05) is 24.3 Å². The largest absolute Gasteiger partial charge is 0.497 e. The minimum absolute atomic E-state index is 0.0683. The number of amides is 1. The summed E-state index contributed by atoms with van der Waals surface area (Å²) in [6, 6.07) is 13.7. The van der Waals surface area contributed by atoms with E-state index in [9.17, 15) is 9.18 Å². The molecule has 1 aliphatic rings. The van der Waals surface area contributed by atoms with Crippen molar-refractivity contribution < 1.29 is 18.7 Å². The molecule has 1 heterocycles. The van der Waals surface area contributed by atoms with Gasteiger partial charge in [-0.15, -0.1) is 0 Å². The number of nitrogens with zero attached hydrogens (tertiary/aromatic N) is 1. The molecule has 0 radical (unpaired) electrons. The van der Waals surface area contributed by atoms with Gasteiger partial charge in [-0.05, 0) is 54.3 Å². The van der Waals surface area contributed by atoms with Crippen LogP contribution >= 0.6 is 0 Å². The van der Waals surface area contributed by atoms with Gasteiger partial charge in [-0.2, -0.15) is 0 Å². The van der Waals surface area contributed by atoms with Crippen LogP contribution in [0.1, 0.15) is 24.0 Å². The van der Waals surface area contributed by atoms with Crippen LogP contribution < -0.4 is 4.74 Å². The maximum atomic E-state index is 13.0. The molecule has 1 aliphatic heterocycles. The van der Waals surface area contributed by atoms with Crippen LogP contribution in [0.5, 0.6) is 5.75 Å². The lowest BCUT2D eigenvalue weighted by Crippen LogP contribution is -2.35. The van der Waals surface area contributed by atoms with Crippen molar-refractivity contribution in [1.82, 2.24) is 4.90 Å². The standard InChI is InChI=1S/C22H24FNO3/c1-26-20-5-2-4-18(14-20)15-24(16-21-6-3-13-27-21)22(25)12-9-17-7-10-19(23)11-8-17/h2,4-5,7-12,14,21H,3,6,13,15-16H2,1H3/b12-9+. The number of rotatable bonds is 7. The second-order valence-electron chi connectivity index (χ2n) is 6.59. The van der Waals surface area contributed by atoms with Gasteiger partial charge in [-0.25, -0.2) is 4.39 Å². The van der Waals surface area contributed by atoms with E-state index in [-0.39, 0.29) is 17.8 Å². The second kappa shape index (κ2) is 9.33. The summed E-state index contributed by atoms with van der Waals surface area (Å²) >= 11 is 0. The number of hydrogen-bond acceptors (Lipinski definition) is 3. The molecule has 142 valence electrons. The normalized spacial score (nSPS) is 16.6. The Labute approximate surface area is 159 Å². The molecule has 1 saturated heterocycles. The lowest BCUT2D eigenvalue weighted by Gasteiger charge is -2.24. The Kier molecular flexibility index (Phi) is 6.60. The number of carbonyl (C=O) groups is 1. The van der Waals surface area contributed by atoms with Crippen LogP contribution in [-0.4, -0.2) is 37.2 Å². The smallest absolute Gasteiger partial charge is 0.246 e. The average molecular weight is 369 g/mol. The Morgan fingerprint density at radius 3 is 2.81 bits per heavy atom. The van der Waals surface area contributed by atoms with Gasteiger partial charge < -0.3 is 14.4 Å². The Hall–Kier alpha value is -2.66. The third kappa shape index (κ3) is 5.66. The number of ether oxygens (including phenoxy) is 2. The van der Waals surface area contributed by atoms with E-state index < -0.39 is 0 Å². The molecule has 5 heteroatoms. The van der Waals surface area contributed by atoms with Crippen molar-refractivity contribution in [1.29, 1.82) is 0 Å². The zero-order valence-corrected chi connectivity index (χ0v) is 15.4. The van der Waals surface area contributed by atoms with E-state index in [1.54, 1.807) is 30.2 Å². The topological polar surface area (TPSA) is 38.8 Å². The van der Waals surface area contributed by atoms with Crippen LogP contribution in [0, 0.1) is 5.82 Å². The molecule has 0 spiro atoms. The van der Waals surface area contributed by atoms with E-state index in [1.165, 1.54) is 18.2 Å². The van der Waals surface area contributed by atoms with Gasteiger partial charge in [-0.3, -0.25) is 4.79 Å². The van der Waals surface area contributed by atoms with Gasteiger partial charge in [-0.1, -0.05) is 24.3 Å². The first-order valence-corrected chi connectivity index (χ1v) is 9.11. The molecule has 1 fully saturated rings. The molecular weight excluding hydrogens is 345 g/mol. The average Bonchev–Trinajstić information content (AvgIpc) is 3.20. The fraction of sp³-hybridized carbons (Fsp3) is 0.318. The van der Waals surface area contributed by atoms with Crippen molar-refractivity contribution in [2.24, 2.45) is 0 Å². The predicted molar refractivity (Wildman–Crippen MR) is 103 cm³/mol. The molecule has 27 heavy (non-hydrogen) atoms. The lowest BCUT2D eigenvalue weighted by molar-refractivity contribution is -0.128. The van der Waals surface area contributed by atoms with Gasteiger partial charge >= 0.3 is 0 Å². The van der Waals surface area contributed by atoms with E-state index >= 15 is 0 Å². The first-order valence-electron chi connectivity index (χ1n) is 9.11. The highest BCUT2D eigenvalue weighted by Gasteiger charge is 2.21. The van der Waals surface area contributed by atoms with E-state index in [0.29, 0.717) is 13.1 Å². The predicted octanol–water partition coefficient (Wildman–Crippen LogP) is 4.06. The molecule has 0 saturated carbocycles. The summed E-state index contributed by atoms with van der Waals surface area (Å²) in [5, 5.41) is 0. The molecule has 2 aromatic rings. The molecule has 0 aromatic heterocycles. The third-order valence-electron chi connectivity index (χ3n) is 4.56. The molecule has 0 aliphatic carbocycles. The van der Waals surface area contributed by atoms with Gasteiger partial charge in [0.1, 0.15) is 11.6 Å². The lowest BCUT2D eigenvalue weighted by atomic mass is 10.1. The summed E-state index contributed by atoms with van der Waals surface area (Å²) in [5.41, 5.74) is 1.78. The third-order valence-corrected chi connectivity index (χ3v) is 4.56. The number of halogens is 1. The molecule has 2 aromatic carbocycles. The molecule has 1 unspecified atom stereocenters. The second-order valence-corrected chi connectivity index (χ2v) is 6.59. The van der Waals surface area contributed by atoms with Crippen LogP contribution in [0.4, 0.5) is 4.39 Å². The van der Waals surface area contributed by atoms with Crippen molar-refractivity contribution in [3.8, 4) is 5.75 Å². The highest BCUT2D eigenvalue weighted by molar-refractivity contribution is 5.91. The summed E-state index contributed by atoms with van der Waals surface area (Å²) < 4.78 is 24.0. The molecule has 1 atom stereocenters. The van der Waals surface area contributed by atoms with Crippen molar-refractivity contribution >= 4 is 12.0 Å². The zero-order valence-electron chi connectivity index (χ0n) is 15.4. The minimum atomic E-state index is -0.295. The molecule has 0 N–H and O–H groups in total. The van der Waals surface area contributed by atoms with Gasteiger partial charge in [0.15, 0.2) is 0 Å². The number of benzene rings is 2.